The van der Waals surface area contributed by atoms with Crippen molar-refractivity contribution in [2.75, 3.05) is 13.1 Å². The van der Waals surface area contributed by atoms with Gasteiger partial charge < -0.3 is 15.2 Å². The van der Waals surface area contributed by atoms with Crippen LogP contribution in [0, 0.1) is 0 Å². The Balaban J connectivity index is 1.47. The average Bonchev–Trinajstić information content (AvgIpc) is 3.42. The van der Waals surface area contributed by atoms with Gasteiger partial charge in [-0.05, 0) is 24.6 Å². The SMILES string of the molecule is NCc1cn(C2CCN(C(=O)c3cn(-c4ccc(Cl)c(Cl)c4)cn3)C2)nn1. The van der Waals surface area contributed by atoms with Gasteiger partial charge in [0.15, 0.2) is 0 Å². The fourth-order valence-electron chi connectivity index (χ4n) is 3.11. The number of rotatable bonds is 4. The van der Waals surface area contributed by atoms with Crippen LogP contribution >= 0.6 is 23.2 Å². The number of amides is 1. The molecule has 2 aromatic heterocycles. The van der Waals surface area contributed by atoms with E-state index in [1.807, 2.05) is 12.3 Å². The molecule has 10 heteroatoms. The fraction of sp³-hybridized carbons (Fsp3) is 0.294. The summed E-state index contributed by atoms with van der Waals surface area (Å²) in [6.45, 7) is 1.55. The smallest absolute Gasteiger partial charge is 0.274 e. The van der Waals surface area contributed by atoms with Crippen molar-refractivity contribution in [1.29, 1.82) is 0 Å². The number of benzene rings is 1. The molecule has 0 radical (unpaired) electrons. The Morgan fingerprint density at radius 3 is 2.85 bits per heavy atom. The van der Waals surface area contributed by atoms with Crippen LogP contribution in [0.4, 0.5) is 0 Å². The molecule has 0 saturated carbocycles. The first-order valence-corrected chi connectivity index (χ1v) is 9.20. The van der Waals surface area contributed by atoms with Gasteiger partial charge in [0.2, 0.25) is 0 Å². The zero-order valence-electron chi connectivity index (χ0n) is 14.3. The molecule has 1 amide bonds. The molecule has 2 N–H and O–H groups in total. The standard InChI is InChI=1S/C17H17Cl2N7O/c18-14-2-1-12(5-15(14)19)25-9-16(21-10-25)17(27)24-4-3-13(8-24)26-7-11(6-20)22-23-26/h1-2,5,7,9-10,13H,3-4,6,8,20H2. The highest BCUT2D eigenvalue weighted by Gasteiger charge is 2.29. The summed E-state index contributed by atoms with van der Waals surface area (Å²) in [5.74, 6) is -0.115. The molecule has 0 spiro atoms. The quantitative estimate of drug-likeness (QED) is 0.718. The van der Waals surface area contributed by atoms with E-state index in [-0.39, 0.29) is 11.9 Å². The zero-order valence-corrected chi connectivity index (χ0v) is 15.8. The van der Waals surface area contributed by atoms with Crippen LogP contribution < -0.4 is 5.73 Å². The van der Waals surface area contributed by atoms with Gasteiger partial charge in [-0.1, -0.05) is 28.4 Å². The van der Waals surface area contributed by atoms with Crippen LogP contribution in [0.15, 0.2) is 36.9 Å². The molecular weight excluding hydrogens is 389 g/mol. The highest BCUT2D eigenvalue weighted by molar-refractivity contribution is 6.42. The molecule has 140 valence electrons. The van der Waals surface area contributed by atoms with Crippen LogP contribution in [0.2, 0.25) is 10.0 Å². The van der Waals surface area contributed by atoms with Crippen molar-refractivity contribution < 1.29 is 4.79 Å². The minimum absolute atomic E-state index is 0.0962. The molecule has 3 heterocycles. The van der Waals surface area contributed by atoms with E-state index in [1.165, 1.54) is 0 Å². The Morgan fingerprint density at radius 1 is 1.26 bits per heavy atom. The Labute approximate surface area is 165 Å². The molecule has 0 aliphatic carbocycles. The maximum absolute atomic E-state index is 12.8. The van der Waals surface area contributed by atoms with Gasteiger partial charge in [0.1, 0.15) is 12.0 Å². The average molecular weight is 406 g/mol. The van der Waals surface area contributed by atoms with E-state index in [9.17, 15) is 4.79 Å². The molecule has 1 atom stereocenters. The summed E-state index contributed by atoms with van der Waals surface area (Å²) in [7, 11) is 0. The summed E-state index contributed by atoms with van der Waals surface area (Å²) >= 11 is 12.0. The van der Waals surface area contributed by atoms with E-state index in [1.54, 1.807) is 38.8 Å². The van der Waals surface area contributed by atoms with E-state index >= 15 is 0 Å². The molecule has 1 aliphatic heterocycles. The van der Waals surface area contributed by atoms with Gasteiger partial charge in [-0.2, -0.15) is 0 Å². The van der Waals surface area contributed by atoms with Crippen molar-refractivity contribution in [3.63, 3.8) is 0 Å². The number of carbonyl (C=O) groups excluding carboxylic acids is 1. The van der Waals surface area contributed by atoms with Crippen LogP contribution in [-0.4, -0.2) is 48.4 Å². The molecule has 1 saturated heterocycles. The summed E-state index contributed by atoms with van der Waals surface area (Å²) in [5, 5.41) is 9.03. The third-order valence-corrected chi connectivity index (χ3v) is 5.33. The first-order chi connectivity index (χ1) is 13.0. The molecule has 0 bridgehead atoms. The number of likely N-dealkylation sites (tertiary alicyclic amines) is 1. The maximum atomic E-state index is 12.8. The highest BCUT2D eigenvalue weighted by atomic mass is 35.5. The van der Waals surface area contributed by atoms with E-state index in [2.05, 4.69) is 15.3 Å². The minimum Gasteiger partial charge on any atom is -0.335 e. The Morgan fingerprint density at radius 2 is 2.11 bits per heavy atom. The van der Waals surface area contributed by atoms with E-state index in [4.69, 9.17) is 28.9 Å². The lowest BCUT2D eigenvalue weighted by atomic mass is 10.3. The molecule has 27 heavy (non-hydrogen) atoms. The molecule has 1 fully saturated rings. The summed E-state index contributed by atoms with van der Waals surface area (Å²) in [6, 6.07) is 5.35. The van der Waals surface area contributed by atoms with Crippen molar-refractivity contribution in [3.05, 3.63) is 58.4 Å². The van der Waals surface area contributed by atoms with Crippen LogP contribution in [0.25, 0.3) is 5.69 Å². The maximum Gasteiger partial charge on any atom is 0.274 e. The van der Waals surface area contributed by atoms with Crippen LogP contribution in [0.3, 0.4) is 0 Å². The lowest BCUT2D eigenvalue weighted by Crippen LogP contribution is -2.29. The van der Waals surface area contributed by atoms with E-state index in [0.29, 0.717) is 35.4 Å². The van der Waals surface area contributed by atoms with Gasteiger partial charge in [-0.3, -0.25) is 4.79 Å². The van der Waals surface area contributed by atoms with Gasteiger partial charge in [-0.25, -0.2) is 9.67 Å². The number of imidazole rings is 1. The van der Waals surface area contributed by atoms with Crippen molar-refractivity contribution >= 4 is 29.1 Å². The Bertz CT molecular complexity index is 983. The predicted octanol–water partition coefficient (Wildman–Crippen LogP) is 2.32. The summed E-state index contributed by atoms with van der Waals surface area (Å²) < 4.78 is 3.53. The third kappa shape index (κ3) is 3.55. The number of aromatic nitrogens is 5. The van der Waals surface area contributed by atoms with Crippen molar-refractivity contribution in [2.45, 2.75) is 19.0 Å². The number of nitrogens with zero attached hydrogens (tertiary/aromatic N) is 6. The van der Waals surface area contributed by atoms with Gasteiger partial charge >= 0.3 is 0 Å². The molecule has 3 aromatic rings. The zero-order chi connectivity index (χ0) is 19.0. The molecule has 1 unspecified atom stereocenters. The number of hydrogen-bond acceptors (Lipinski definition) is 5. The Kier molecular flexibility index (Phi) is 4.86. The normalized spacial score (nSPS) is 16.9. The highest BCUT2D eigenvalue weighted by Crippen LogP contribution is 2.25. The van der Waals surface area contributed by atoms with Crippen molar-refractivity contribution in [3.8, 4) is 5.69 Å². The molecule has 1 aliphatic rings. The van der Waals surface area contributed by atoms with Gasteiger partial charge in [0, 0.05) is 31.5 Å². The fourth-order valence-corrected chi connectivity index (χ4v) is 3.40. The van der Waals surface area contributed by atoms with Crippen LogP contribution in [0.1, 0.15) is 28.6 Å². The van der Waals surface area contributed by atoms with Gasteiger partial charge in [-0.15, -0.1) is 5.10 Å². The number of hydrogen-bond donors (Lipinski definition) is 1. The second-order valence-corrected chi connectivity index (χ2v) is 7.17. The van der Waals surface area contributed by atoms with Crippen LogP contribution in [0.5, 0.6) is 0 Å². The lowest BCUT2D eigenvalue weighted by molar-refractivity contribution is 0.0781. The largest absolute Gasteiger partial charge is 0.335 e. The lowest BCUT2D eigenvalue weighted by Gasteiger charge is -2.15. The minimum atomic E-state index is -0.115. The second-order valence-electron chi connectivity index (χ2n) is 6.35. The predicted molar refractivity (Wildman–Crippen MR) is 101 cm³/mol. The monoisotopic (exact) mass is 405 g/mol. The number of halogens is 2. The summed E-state index contributed by atoms with van der Waals surface area (Å²) in [6.07, 6.45) is 5.92. The van der Waals surface area contributed by atoms with E-state index in [0.717, 1.165) is 17.8 Å². The van der Waals surface area contributed by atoms with Crippen molar-refractivity contribution in [1.82, 2.24) is 29.4 Å². The molecule has 8 nitrogen and oxygen atoms in total. The molecule has 1 aromatic carbocycles. The number of carbonyl (C=O) groups is 1. The van der Waals surface area contributed by atoms with Gasteiger partial charge in [0.25, 0.3) is 5.91 Å². The molecule has 4 rings (SSSR count). The Hall–Kier alpha value is -2.42. The molecular formula is C17H17Cl2N7O. The number of nitrogens with two attached hydrogens (primary N) is 1. The van der Waals surface area contributed by atoms with Crippen LogP contribution in [-0.2, 0) is 6.54 Å². The summed E-state index contributed by atoms with van der Waals surface area (Å²) in [4.78, 5) is 18.8. The summed E-state index contributed by atoms with van der Waals surface area (Å²) in [5.41, 5.74) is 7.47. The van der Waals surface area contributed by atoms with Crippen molar-refractivity contribution in [2.24, 2.45) is 5.73 Å². The second kappa shape index (κ2) is 7.30. The van der Waals surface area contributed by atoms with E-state index < -0.39 is 0 Å². The van der Waals surface area contributed by atoms with Gasteiger partial charge in [0.05, 0.1) is 28.0 Å². The third-order valence-electron chi connectivity index (χ3n) is 4.59. The first-order valence-electron chi connectivity index (χ1n) is 8.44. The topological polar surface area (TPSA) is 94.9 Å². The first kappa shape index (κ1) is 18.0.